The molecule has 202 valence electrons. The fourth-order valence-corrected chi connectivity index (χ4v) is 3.79. The summed E-state index contributed by atoms with van der Waals surface area (Å²) in [6, 6.07) is 4.36. The number of esters is 1. The molecule has 0 radical (unpaired) electrons. The maximum absolute atomic E-state index is 12.1. The first-order valence-electron chi connectivity index (χ1n) is 10.9. The van der Waals surface area contributed by atoms with Crippen molar-refractivity contribution in [3.8, 4) is 11.5 Å². The Morgan fingerprint density at radius 3 is 2.39 bits per heavy atom. The first kappa shape index (κ1) is 28.2. The molecule has 2 aliphatic rings. The van der Waals surface area contributed by atoms with Crippen molar-refractivity contribution in [3.05, 3.63) is 29.8 Å². The molecule has 0 saturated carbocycles. The molecule has 0 aliphatic carbocycles. The molecule has 0 aromatic heterocycles. The third kappa shape index (κ3) is 5.78. The molecule has 2 aliphatic heterocycles. The Hall–Kier alpha value is -2.37. The third-order valence-corrected chi connectivity index (χ3v) is 5.90. The lowest BCUT2D eigenvalue weighted by Crippen LogP contribution is -2.62. The van der Waals surface area contributed by atoms with Crippen LogP contribution in [-0.4, -0.2) is 129 Å². The number of hydrogen-bond acceptors (Lipinski definition) is 14. The first-order chi connectivity index (χ1) is 17.1. The van der Waals surface area contributed by atoms with Crippen molar-refractivity contribution < 1.29 is 69.3 Å². The molecule has 36 heavy (non-hydrogen) atoms. The summed E-state index contributed by atoms with van der Waals surface area (Å²) in [4.78, 5) is 12.1. The second-order valence-corrected chi connectivity index (χ2v) is 8.27. The molecule has 8 N–H and O–H groups in total. The summed E-state index contributed by atoms with van der Waals surface area (Å²) in [5.74, 6) is -3.07. The molecular weight excluding hydrogens is 488 g/mol. The molecule has 2 heterocycles. The molecule has 0 amide bonds. The van der Waals surface area contributed by atoms with Crippen molar-refractivity contribution in [3.63, 3.8) is 0 Å². The second-order valence-electron chi connectivity index (χ2n) is 8.27. The summed E-state index contributed by atoms with van der Waals surface area (Å²) in [5, 5.41) is 79.6. The van der Waals surface area contributed by atoms with Crippen LogP contribution in [0.3, 0.4) is 0 Å². The SMILES string of the molecule is COc1cc(/C=C/C(=O)OC[C@@H]2O[C@H](O[C@]3(CO)O[C@@H](CO)[C@@H](O)[C@@H]3O)[C@@H](O)[C@H](O)[C@H]2O)ccc1O. The van der Waals surface area contributed by atoms with E-state index < -0.39 is 80.6 Å². The predicted molar refractivity (Wildman–Crippen MR) is 116 cm³/mol. The average molecular weight is 518 g/mol. The zero-order valence-electron chi connectivity index (χ0n) is 19.2. The van der Waals surface area contributed by atoms with E-state index in [9.17, 15) is 45.6 Å². The Morgan fingerprint density at radius 1 is 1.06 bits per heavy atom. The Labute approximate surface area is 205 Å². The standard InChI is InChI=1S/C22H30O14/c1-32-12-6-10(2-4-11(12)25)3-5-15(26)33-8-14-16(27)18(29)19(30)21(34-14)36-22(9-24)20(31)17(28)13(7-23)35-22/h2-6,13-14,16-21,23-25,27-31H,7-9H2,1H3/b5-3+/t13-,14-,16-,17+,18+,19-,20-,21+,22-/m0/s1. The van der Waals surface area contributed by atoms with Crippen LogP contribution in [0.4, 0.5) is 0 Å². The van der Waals surface area contributed by atoms with Gasteiger partial charge in [0.15, 0.2) is 17.8 Å². The third-order valence-electron chi connectivity index (χ3n) is 5.90. The molecule has 2 fully saturated rings. The largest absolute Gasteiger partial charge is 0.504 e. The number of carbonyl (C=O) groups excluding carboxylic acids is 1. The van der Waals surface area contributed by atoms with Gasteiger partial charge in [0.1, 0.15) is 55.9 Å². The van der Waals surface area contributed by atoms with Crippen LogP contribution in [-0.2, 0) is 23.7 Å². The van der Waals surface area contributed by atoms with E-state index in [1.807, 2.05) is 0 Å². The van der Waals surface area contributed by atoms with Gasteiger partial charge in [0.2, 0.25) is 5.79 Å². The number of carbonyl (C=O) groups is 1. The molecule has 3 rings (SSSR count). The van der Waals surface area contributed by atoms with Crippen LogP contribution in [0.2, 0.25) is 0 Å². The van der Waals surface area contributed by atoms with Gasteiger partial charge in [-0.05, 0) is 23.8 Å². The minimum atomic E-state index is -2.32. The van der Waals surface area contributed by atoms with Gasteiger partial charge in [-0.25, -0.2) is 4.79 Å². The van der Waals surface area contributed by atoms with Crippen molar-refractivity contribution in [1.29, 1.82) is 0 Å². The van der Waals surface area contributed by atoms with Crippen molar-refractivity contribution >= 4 is 12.0 Å². The summed E-state index contributed by atoms with van der Waals surface area (Å²) >= 11 is 0. The number of ether oxygens (including phenoxy) is 5. The van der Waals surface area contributed by atoms with Gasteiger partial charge >= 0.3 is 5.97 Å². The molecule has 2 saturated heterocycles. The normalized spacial score (nSPS) is 36.8. The summed E-state index contributed by atoms with van der Waals surface area (Å²) in [6.07, 6.45) is -11.1. The summed E-state index contributed by atoms with van der Waals surface area (Å²) in [6.45, 7) is -2.34. The highest BCUT2D eigenvalue weighted by Crippen LogP contribution is 2.36. The van der Waals surface area contributed by atoms with E-state index in [-0.39, 0.29) is 11.5 Å². The molecule has 9 atom stereocenters. The smallest absolute Gasteiger partial charge is 0.330 e. The van der Waals surface area contributed by atoms with E-state index in [1.54, 1.807) is 0 Å². The van der Waals surface area contributed by atoms with E-state index in [4.69, 9.17) is 23.7 Å². The second kappa shape index (κ2) is 11.8. The van der Waals surface area contributed by atoms with Gasteiger partial charge in [-0.3, -0.25) is 0 Å². The number of aliphatic hydroxyl groups excluding tert-OH is 7. The highest BCUT2D eigenvalue weighted by molar-refractivity contribution is 5.87. The van der Waals surface area contributed by atoms with Crippen molar-refractivity contribution in [2.24, 2.45) is 0 Å². The van der Waals surface area contributed by atoms with E-state index in [0.717, 1.165) is 6.08 Å². The Balaban J connectivity index is 1.64. The monoisotopic (exact) mass is 518 g/mol. The lowest BCUT2D eigenvalue weighted by Gasteiger charge is -2.43. The lowest BCUT2D eigenvalue weighted by atomic mass is 9.99. The summed E-state index contributed by atoms with van der Waals surface area (Å²) < 4.78 is 26.0. The molecule has 0 spiro atoms. The Bertz CT molecular complexity index is 924. The highest BCUT2D eigenvalue weighted by Gasteiger charge is 2.58. The average Bonchev–Trinajstić information content (AvgIpc) is 3.12. The minimum Gasteiger partial charge on any atom is -0.504 e. The van der Waals surface area contributed by atoms with Crippen LogP contribution < -0.4 is 4.74 Å². The highest BCUT2D eigenvalue weighted by atomic mass is 16.8. The van der Waals surface area contributed by atoms with Crippen molar-refractivity contribution in [1.82, 2.24) is 0 Å². The van der Waals surface area contributed by atoms with Crippen molar-refractivity contribution in [2.75, 3.05) is 26.9 Å². The molecular formula is C22H30O14. The van der Waals surface area contributed by atoms with Crippen LogP contribution in [0.5, 0.6) is 11.5 Å². The summed E-state index contributed by atoms with van der Waals surface area (Å²) in [5.41, 5.74) is 0.510. The fraction of sp³-hybridized carbons (Fsp3) is 0.591. The van der Waals surface area contributed by atoms with Crippen LogP contribution in [0.15, 0.2) is 24.3 Å². The van der Waals surface area contributed by atoms with Gasteiger partial charge in [0, 0.05) is 6.08 Å². The quantitative estimate of drug-likeness (QED) is 0.118. The Kier molecular flexibility index (Phi) is 9.23. The maximum atomic E-state index is 12.1. The maximum Gasteiger partial charge on any atom is 0.330 e. The fourth-order valence-electron chi connectivity index (χ4n) is 3.79. The van der Waals surface area contributed by atoms with E-state index in [0.29, 0.717) is 5.56 Å². The van der Waals surface area contributed by atoms with Crippen LogP contribution in [0.25, 0.3) is 6.08 Å². The number of hydrogen-bond donors (Lipinski definition) is 8. The van der Waals surface area contributed by atoms with E-state index in [1.165, 1.54) is 31.4 Å². The van der Waals surface area contributed by atoms with Gasteiger partial charge in [0.05, 0.1) is 13.7 Å². The number of phenolic OH excluding ortho intramolecular Hbond substituents is 1. The van der Waals surface area contributed by atoms with Gasteiger partial charge < -0.3 is 64.5 Å². The molecule has 14 heteroatoms. The van der Waals surface area contributed by atoms with Crippen LogP contribution in [0.1, 0.15) is 5.56 Å². The number of phenols is 1. The molecule has 0 bridgehead atoms. The number of methoxy groups -OCH3 is 1. The lowest BCUT2D eigenvalue weighted by molar-refractivity contribution is -0.383. The minimum absolute atomic E-state index is 0.0851. The summed E-state index contributed by atoms with van der Waals surface area (Å²) in [7, 11) is 1.36. The van der Waals surface area contributed by atoms with E-state index >= 15 is 0 Å². The van der Waals surface area contributed by atoms with Crippen molar-refractivity contribution in [2.45, 2.75) is 54.8 Å². The number of aliphatic hydroxyl groups is 7. The molecule has 1 aromatic rings. The molecule has 0 unspecified atom stereocenters. The van der Waals surface area contributed by atoms with Gasteiger partial charge in [0.25, 0.3) is 0 Å². The predicted octanol–water partition coefficient (Wildman–Crippen LogP) is -3.42. The van der Waals surface area contributed by atoms with Crippen LogP contribution >= 0.6 is 0 Å². The zero-order valence-corrected chi connectivity index (χ0v) is 19.2. The van der Waals surface area contributed by atoms with Gasteiger partial charge in [-0.2, -0.15) is 0 Å². The zero-order chi connectivity index (χ0) is 26.6. The number of rotatable bonds is 9. The number of benzene rings is 1. The Morgan fingerprint density at radius 2 is 1.78 bits per heavy atom. The molecule has 1 aromatic carbocycles. The van der Waals surface area contributed by atoms with Gasteiger partial charge in [-0.15, -0.1) is 0 Å². The molecule has 14 nitrogen and oxygen atoms in total. The van der Waals surface area contributed by atoms with Crippen LogP contribution in [0, 0.1) is 0 Å². The first-order valence-corrected chi connectivity index (χ1v) is 10.9. The topological polar surface area (TPSA) is 225 Å². The number of aromatic hydroxyl groups is 1. The van der Waals surface area contributed by atoms with E-state index in [2.05, 4.69) is 0 Å². The van der Waals surface area contributed by atoms with Gasteiger partial charge in [-0.1, -0.05) is 6.07 Å².